The number of nitrogens with one attached hydrogen (secondary N) is 1. The first kappa shape index (κ1) is 13.6. The van der Waals surface area contributed by atoms with Crippen LogP contribution in [-0.4, -0.2) is 18.6 Å². The number of methoxy groups -OCH3 is 1. The molecule has 100 valence electrons. The van der Waals surface area contributed by atoms with E-state index in [4.69, 9.17) is 4.74 Å². The van der Waals surface area contributed by atoms with Crippen LogP contribution in [-0.2, 0) is 0 Å². The molecule has 1 aromatic heterocycles. The Bertz CT molecular complexity index is 540. The van der Waals surface area contributed by atoms with Crippen LogP contribution in [0.15, 0.2) is 42.6 Å². The molecule has 0 aliphatic carbocycles. The zero-order valence-corrected chi connectivity index (χ0v) is 11.7. The zero-order chi connectivity index (χ0) is 13.7. The lowest BCUT2D eigenvalue weighted by molar-refractivity contribution is 0.414. The summed E-state index contributed by atoms with van der Waals surface area (Å²) in [5, 5.41) is 3.44. The monoisotopic (exact) mass is 256 g/mol. The quantitative estimate of drug-likeness (QED) is 0.890. The van der Waals surface area contributed by atoms with Crippen molar-refractivity contribution in [2.75, 3.05) is 13.7 Å². The molecular formula is C16H20N2O. The number of ether oxygens (including phenoxy) is 1. The molecule has 1 heterocycles. The van der Waals surface area contributed by atoms with Gasteiger partial charge in [0.1, 0.15) is 11.4 Å². The van der Waals surface area contributed by atoms with Crippen LogP contribution < -0.4 is 10.1 Å². The largest absolute Gasteiger partial charge is 0.494 e. The predicted molar refractivity (Wildman–Crippen MR) is 78.3 cm³/mol. The Hall–Kier alpha value is -1.87. The van der Waals surface area contributed by atoms with Gasteiger partial charge in [0.2, 0.25) is 0 Å². The van der Waals surface area contributed by atoms with Crippen molar-refractivity contribution >= 4 is 0 Å². The van der Waals surface area contributed by atoms with E-state index in [9.17, 15) is 0 Å². The molecule has 1 unspecified atom stereocenters. The highest BCUT2D eigenvalue weighted by molar-refractivity contribution is 5.70. The van der Waals surface area contributed by atoms with Gasteiger partial charge in [-0.15, -0.1) is 0 Å². The van der Waals surface area contributed by atoms with Gasteiger partial charge in [-0.2, -0.15) is 0 Å². The first-order chi connectivity index (χ1) is 9.27. The molecule has 0 fully saturated rings. The topological polar surface area (TPSA) is 34.2 Å². The summed E-state index contributed by atoms with van der Waals surface area (Å²) in [6.07, 6.45) is 1.80. The minimum absolute atomic E-state index is 0.285. The fraction of sp³-hybridized carbons (Fsp3) is 0.312. The van der Waals surface area contributed by atoms with Gasteiger partial charge in [0.15, 0.2) is 0 Å². The fourth-order valence-corrected chi connectivity index (χ4v) is 2.26. The number of hydrogen-bond acceptors (Lipinski definition) is 3. The number of nitrogens with zero attached hydrogens (tertiary/aromatic N) is 1. The molecule has 19 heavy (non-hydrogen) atoms. The van der Waals surface area contributed by atoms with Gasteiger partial charge in [-0.25, -0.2) is 0 Å². The summed E-state index contributed by atoms with van der Waals surface area (Å²) in [5.41, 5.74) is 3.25. The maximum Gasteiger partial charge on any atom is 0.145 e. The fourth-order valence-electron chi connectivity index (χ4n) is 2.26. The van der Waals surface area contributed by atoms with E-state index in [2.05, 4.69) is 42.3 Å². The number of benzene rings is 1. The van der Waals surface area contributed by atoms with Crippen LogP contribution in [0.3, 0.4) is 0 Å². The summed E-state index contributed by atoms with van der Waals surface area (Å²) in [5.74, 6) is 0.804. The third kappa shape index (κ3) is 2.93. The van der Waals surface area contributed by atoms with Crippen molar-refractivity contribution in [1.82, 2.24) is 10.3 Å². The molecule has 3 heteroatoms. The summed E-state index contributed by atoms with van der Waals surface area (Å²) >= 11 is 0. The minimum Gasteiger partial charge on any atom is -0.494 e. The van der Waals surface area contributed by atoms with Gasteiger partial charge in [-0.1, -0.05) is 31.2 Å². The first-order valence-corrected chi connectivity index (χ1v) is 6.59. The predicted octanol–water partition coefficient (Wildman–Crippen LogP) is 3.43. The molecular weight excluding hydrogens is 236 g/mol. The van der Waals surface area contributed by atoms with Gasteiger partial charge in [-0.05, 0) is 31.2 Å². The SMILES string of the molecule is CCNC(C)c1ccccc1-c1ncccc1OC. The van der Waals surface area contributed by atoms with E-state index >= 15 is 0 Å². The lowest BCUT2D eigenvalue weighted by Gasteiger charge is -2.18. The number of pyridine rings is 1. The van der Waals surface area contributed by atoms with Crippen molar-refractivity contribution in [3.8, 4) is 17.0 Å². The molecule has 1 N–H and O–H groups in total. The van der Waals surface area contributed by atoms with Crippen molar-refractivity contribution in [2.45, 2.75) is 19.9 Å². The second-order valence-corrected chi connectivity index (χ2v) is 4.42. The lowest BCUT2D eigenvalue weighted by atomic mass is 9.98. The van der Waals surface area contributed by atoms with E-state index in [1.165, 1.54) is 5.56 Å². The van der Waals surface area contributed by atoms with E-state index in [1.54, 1.807) is 13.3 Å². The number of rotatable bonds is 5. The molecule has 0 bridgehead atoms. The Labute approximate surface area is 114 Å². The lowest BCUT2D eigenvalue weighted by Crippen LogP contribution is -2.18. The van der Waals surface area contributed by atoms with Crippen molar-refractivity contribution in [2.24, 2.45) is 0 Å². The number of hydrogen-bond donors (Lipinski definition) is 1. The first-order valence-electron chi connectivity index (χ1n) is 6.59. The second kappa shape index (κ2) is 6.34. The average molecular weight is 256 g/mol. The van der Waals surface area contributed by atoms with Crippen molar-refractivity contribution in [3.63, 3.8) is 0 Å². The normalized spacial score (nSPS) is 12.2. The Morgan fingerprint density at radius 3 is 2.74 bits per heavy atom. The molecule has 1 atom stereocenters. The molecule has 3 nitrogen and oxygen atoms in total. The third-order valence-corrected chi connectivity index (χ3v) is 3.18. The van der Waals surface area contributed by atoms with Crippen LogP contribution in [0.5, 0.6) is 5.75 Å². The van der Waals surface area contributed by atoms with E-state index in [1.807, 2.05) is 18.2 Å². The van der Waals surface area contributed by atoms with Gasteiger partial charge in [-0.3, -0.25) is 4.98 Å². The van der Waals surface area contributed by atoms with Gasteiger partial charge >= 0.3 is 0 Å². The maximum absolute atomic E-state index is 5.41. The molecule has 1 aromatic carbocycles. The van der Waals surface area contributed by atoms with E-state index in [0.717, 1.165) is 23.6 Å². The van der Waals surface area contributed by atoms with Crippen LogP contribution in [0, 0.1) is 0 Å². The zero-order valence-electron chi connectivity index (χ0n) is 11.7. The van der Waals surface area contributed by atoms with E-state index < -0.39 is 0 Å². The second-order valence-electron chi connectivity index (χ2n) is 4.42. The molecule has 0 spiro atoms. The standard InChI is InChI=1S/C16H20N2O/c1-4-17-12(2)13-8-5-6-9-14(13)16-15(19-3)10-7-11-18-16/h5-12,17H,4H2,1-3H3. The molecule has 0 aliphatic rings. The average Bonchev–Trinajstić information content (AvgIpc) is 2.47. The van der Waals surface area contributed by atoms with Gasteiger partial charge in [0, 0.05) is 17.8 Å². The summed E-state index contributed by atoms with van der Waals surface area (Å²) in [7, 11) is 1.68. The molecule has 0 amide bonds. The molecule has 0 saturated carbocycles. The maximum atomic E-state index is 5.41. The van der Waals surface area contributed by atoms with E-state index in [0.29, 0.717) is 0 Å². The van der Waals surface area contributed by atoms with Crippen molar-refractivity contribution in [1.29, 1.82) is 0 Å². The summed E-state index contributed by atoms with van der Waals surface area (Å²) in [6, 6.07) is 12.4. The van der Waals surface area contributed by atoms with Gasteiger partial charge < -0.3 is 10.1 Å². The molecule has 0 saturated heterocycles. The Morgan fingerprint density at radius 2 is 2.00 bits per heavy atom. The highest BCUT2D eigenvalue weighted by Gasteiger charge is 2.14. The highest BCUT2D eigenvalue weighted by Crippen LogP contribution is 2.32. The third-order valence-electron chi connectivity index (χ3n) is 3.18. The Balaban J connectivity index is 2.50. The van der Waals surface area contributed by atoms with Crippen LogP contribution in [0.2, 0.25) is 0 Å². The van der Waals surface area contributed by atoms with Crippen molar-refractivity contribution < 1.29 is 4.74 Å². The summed E-state index contributed by atoms with van der Waals surface area (Å²) < 4.78 is 5.41. The van der Waals surface area contributed by atoms with Crippen LogP contribution in [0.4, 0.5) is 0 Å². The van der Waals surface area contributed by atoms with Crippen LogP contribution in [0.1, 0.15) is 25.5 Å². The van der Waals surface area contributed by atoms with Gasteiger partial charge in [0.25, 0.3) is 0 Å². The Morgan fingerprint density at radius 1 is 1.21 bits per heavy atom. The van der Waals surface area contributed by atoms with Crippen molar-refractivity contribution in [3.05, 3.63) is 48.2 Å². The summed E-state index contributed by atoms with van der Waals surface area (Å²) in [6.45, 7) is 5.22. The Kier molecular flexibility index (Phi) is 4.53. The minimum atomic E-state index is 0.285. The highest BCUT2D eigenvalue weighted by atomic mass is 16.5. The smallest absolute Gasteiger partial charge is 0.145 e. The molecule has 2 rings (SSSR count). The summed E-state index contributed by atoms with van der Waals surface area (Å²) in [4.78, 5) is 4.47. The van der Waals surface area contributed by atoms with E-state index in [-0.39, 0.29) is 6.04 Å². The molecule has 0 aliphatic heterocycles. The molecule has 0 radical (unpaired) electrons. The van der Waals surface area contributed by atoms with Gasteiger partial charge in [0.05, 0.1) is 7.11 Å². The van der Waals surface area contributed by atoms with Crippen LogP contribution >= 0.6 is 0 Å². The number of aromatic nitrogens is 1. The van der Waals surface area contributed by atoms with Crippen LogP contribution in [0.25, 0.3) is 11.3 Å². The molecule has 2 aromatic rings.